The van der Waals surface area contributed by atoms with Crippen LogP contribution in [0.25, 0.3) is 0 Å². The number of nitrogens with zero attached hydrogens (tertiary/aromatic N) is 1. The van der Waals surface area contributed by atoms with Crippen LogP contribution in [0.2, 0.25) is 0 Å². The van der Waals surface area contributed by atoms with Crippen molar-refractivity contribution in [3.05, 3.63) is 21.9 Å². The van der Waals surface area contributed by atoms with Crippen LogP contribution in [0, 0.1) is 11.3 Å². The van der Waals surface area contributed by atoms with Gasteiger partial charge < -0.3 is 9.84 Å². The zero-order valence-corrected chi connectivity index (χ0v) is 8.37. The Labute approximate surface area is 85.4 Å². The molecule has 1 aromatic rings. The van der Waals surface area contributed by atoms with Gasteiger partial charge in [0, 0.05) is 11.3 Å². The van der Waals surface area contributed by atoms with E-state index in [1.54, 1.807) is 12.1 Å². The molecular weight excluding hydrogens is 202 g/mol. The van der Waals surface area contributed by atoms with Crippen LogP contribution in [-0.2, 0) is 16.0 Å². The van der Waals surface area contributed by atoms with E-state index in [4.69, 9.17) is 5.26 Å². The van der Waals surface area contributed by atoms with Crippen LogP contribution >= 0.6 is 11.3 Å². The summed E-state index contributed by atoms with van der Waals surface area (Å²) in [5, 5.41) is 17.8. The number of esters is 1. The van der Waals surface area contributed by atoms with Gasteiger partial charge in [0.25, 0.3) is 0 Å². The molecule has 0 bridgehead atoms. The van der Waals surface area contributed by atoms with Gasteiger partial charge in [-0.25, -0.2) is 4.79 Å². The van der Waals surface area contributed by atoms with E-state index in [0.717, 1.165) is 4.88 Å². The second kappa shape index (κ2) is 4.74. The molecule has 1 heterocycles. The predicted molar refractivity (Wildman–Crippen MR) is 50.8 cm³/mol. The lowest BCUT2D eigenvalue weighted by Crippen LogP contribution is -2.23. The lowest BCUT2D eigenvalue weighted by atomic mass is 10.2. The number of rotatable bonds is 3. The Kier molecular flexibility index (Phi) is 3.63. The van der Waals surface area contributed by atoms with E-state index >= 15 is 0 Å². The van der Waals surface area contributed by atoms with E-state index in [1.807, 2.05) is 6.07 Å². The fourth-order valence-electron chi connectivity index (χ4n) is 0.958. The van der Waals surface area contributed by atoms with Crippen molar-refractivity contribution in [2.45, 2.75) is 12.5 Å². The number of hydrogen-bond donors (Lipinski definition) is 1. The molecule has 0 fully saturated rings. The molecule has 0 saturated carbocycles. The average molecular weight is 211 g/mol. The molecule has 0 spiro atoms. The van der Waals surface area contributed by atoms with Crippen LogP contribution in [0.3, 0.4) is 0 Å². The van der Waals surface area contributed by atoms with Crippen molar-refractivity contribution >= 4 is 17.3 Å². The second-order valence-corrected chi connectivity index (χ2v) is 3.79. The monoisotopic (exact) mass is 211 g/mol. The van der Waals surface area contributed by atoms with Crippen molar-refractivity contribution < 1.29 is 14.6 Å². The summed E-state index contributed by atoms with van der Waals surface area (Å²) in [6.07, 6.45) is -0.954. The highest BCUT2D eigenvalue weighted by atomic mass is 32.1. The molecule has 0 aliphatic rings. The lowest BCUT2D eigenvalue weighted by molar-refractivity contribution is -0.150. The van der Waals surface area contributed by atoms with Gasteiger partial charge in [-0.15, -0.1) is 11.3 Å². The highest BCUT2D eigenvalue weighted by molar-refractivity contribution is 7.12. The summed E-state index contributed by atoms with van der Waals surface area (Å²) in [7, 11) is 1.22. The summed E-state index contributed by atoms with van der Waals surface area (Å²) in [5.41, 5.74) is 0. The van der Waals surface area contributed by atoms with Crippen molar-refractivity contribution in [1.82, 2.24) is 0 Å². The molecule has 1 rings (SSSR count). The van der Waals surface area contributed by atoms with Crippen LogP contribution in [-0.4, -0.2) is 24.3 Å². The number of carbonyl (C=O) groups is 1. The van der Waals surface area contributed by atoms with Gasteiger partial charge >= 0.3 is 5.97 Å². The number of nitriles is 1. The third-order valence-electron chi connectivity index (χ3n) is 1.64. The molecule has 5 heteroatoms. The Balaban J connectivity index is 2.61. The van der Waals surface area contributed by atoms with E-state index < -0.39 is 12.1 Å². The van der Waals surface area contributed by atoms with Crippen LogP contribution in [0.15, 0.2) is 12.1 Å². The van der Waals surface area contributed by atoms with E-state index in [9.17, 15) is 9.90 Å². The summed E-state index contributed by atoms with van der Waals surface area (Å²) in [5.74, 6) is -0.656. The number of aliphatic hydroxyl groups excluding tert-OH is 1. The van der Waals surface area contributed by atoms with E-state index in [2.05, 4.69) is 4.74 Å². The minimum atomic E-state index is -1.15. The van der Waals surface area contributed by atoms with Crippen molar-refractivity contribution in [2.75, 3.05) is 7.11 Å². The van der Waals surface area contributed by atoms with Gasteiger partial charge in [0.1, 0.15) is 10.9 Å². The molecular formula is C9H9NO3S. The van der Waals surface area contributed by atoms with Crippen molar-refractivity contribution in [1.29, 1.82) is 5.26 Å². The number of methoxy groups -OCH3 is 1. The normalized spacial score (nSPS) is 11.8. The van der Waals surface area contributed by atoms with Crippen LogP contribution in [0.5, 0.6) is 0 Å². The number of ether oxygens (including phenoxy) is 1. The van der Waals surface area contributed by atoms with Gasteiger partial charge in [0.2, 0.25) is 0 Å². The Morgan fingerprint density at radius 3 is 3.00 bits per heavy atom. The van der Waals surface area contributed by atoms with Crippen LogP contribution < -0.4 is 0 Å². The van der Waals surface area contributed by atoms with E-state index in [1.165, 1.54) is 18.4 Å². The topological polar surface area (TPSA) is 70.3 Å². The molecule has 4 nitrogen and oxygen atoms in total. The lowest BCUT2D eigenvalue weighted by Gasteiger charge is -2.05. The Bertz CT molecular complexity index is 366. The number of carbonyl (C=O) groups excluding carboxylic acids is 1. The van der Waals surface area contributed by atoms with Gasteiger partial charge in [0.05, 0.1) is 7.11 Å². The molecule has 0 amide bonds. The quantitative estimate of drug-likeness (QED) is 0.747. The Morgan fingerprint density at radius 2 is 2.50 bits per heavy atom. The summed E-state index contributed by atoms with van der Waals surface area (Å²) in [6, 6.07) is 5.36. The molecule has 74 valence electrons. The maximum Gasteiger partial charge on any atom is 0.335 e. The van der Waals surface area contributed by atoms with Crippen LogP contribution in [0.4, 0.5) is 0 Å². The average Bonchev–Trinajstić information content (AvgIpc) is 2.64. The first-order chi connectivity index (χ1) is 6.67. The third-order valence-corrected chi connectivity index (χ3v) is 2.65. The summed E-state index contributed by atoms with van der Waals surface area (Å²) >= 11 is 1.26. The fraction of sp³-hybridized carbons (Fsp3) is 0.333. The summed E-state index contributed by atoms with van der Waals surface area (Å²) < 4.78 is 4.37. The highest BCUT2D eigenvalue weighted by Crippen LogP contribution is 2.17. The standard InChI is InChI=1S/C9H9NO3S/c1-13-9(12)8(11)4-6-2-3-7(5-10)14-6/h2-3,8,11H,4H2,1H3. The SMILES string of the molecule is COC(=O)C(O)Cc1ccc(C#N)s1. The van der Waals surface area contributed by atoms with Gasteiger partial charge in [-0.05, 0) is 12.1 Å². The summed E-state index contributed by atoms with van der Waals surface area (Å²) in [6.45, 7) is 0. The van der Waals surface area contributed by atoms with E-state index in [-0.39, 0.29) is 6.42 Å². The van der Waals surface area contributed by atoms with Crippen molar-refractivity contribution in [3.63, 3.8) is 0 Å². The van der Waals surface area contributed by atoms with Gasteiger partial charge in [-0.1, -0.05) is 0 Å². The Hall–Kier alpha value is -1.38. The predicted octanol–water partition coefficient (Wildman–Crippen LogP) is 0.696. The number of hydrogen-bond acceptors (Lipinski definition) is 5. The zero-order valence-electron chi connectivity index (χ0n) is 7.56. The minimum Gasteiger partial charge on any atom is -0.467 e. The molecule has 0 aromatic carbocycles. The smallest absolute Gasteiger partial charge is 0.335 e. The fourth-order valence-corrected chi connectivity index (χ4v) is 1.80. The van der Waals surface area contributed by atoms with Crippen LogP contribution in [0.1, 0.15) is 9.75 Å². The molecule has 1 N–H and O–H groups in total. The molecule has 14 heavy (non-hydrogen) atoms. The first-order valence-electron chi connectivity index (χ1n) is 3.92. The zero-order chi connectivity index (χ0) is 10.6. The van der Waals surface area contributed by atoms with Crippen molar-refractivity contribution in [2.24, 2.45) is 0 Å². The van der Waals surface area contributed by atoms with Gasteiger partial charge in [-0.3, -0.25) is 0 Å². The molecule has 1 aromatic heterocycles. The van der Waals surface area contributed by atoms with Gasteiger partial charge in [-0.2, -0.15) is 5.26 Å². The highest BCUT2D eigenvalue weighted by Gasteiger charge is 2.16. The maximum atomic E-state index is 10.9. The Morgan fingerprint density at radius 1 is 1.79 bits per heavy atom. The van der Waals surface area contributed by atoms with E-state index in [0.29, 0.717) is 4.88 Å². The first-order valence-corrected chi connectivity index (χ1v) is 4.73. The molecule has 0 aliphatic heterocycles. The minimum absolute atomic E-state index is 0.193. The molecule has 0 saturated heterocycles. The third kappa shape index (κ3) is 2.55. The number of aliphatic hydroxyl groups is 1. The molecule has 1 unspecified atom stereocenters. The molecule has 0 aliphatic carbocycles. The second-order valence-electron chi connectivity index (χ2n) is 2.62. The molecule has 1 atom stereocenters. The summed E-state index contributed by atoms with van der Waals surface area (Å²) in [4.78, 5) is 12.2. The molecule has 0 radical (unpaired) electrons. The number of thiophene rings is 1. The first kappa shape index (κ1) is 10.7. The van der Waals surface area contributed by atoms with Gasteiger partial charge in [0.15, 0.2) is 6.10 Å². The maximum absolute atomic E-state index is 10.9. The van der Waals surface area contributed by atoms with Crippen molar-refractivity contribution in [3.8, 4) is 6.07 Å². The largest absolute Gasteiger partial charge is 0.467 e.